The zero-order valence-electron chi connectivity index (χ0n) is 8.41. The quantitative estimate of drug-likeness (QED) is 0.749. The number of halogens is 2. The van der Waals surface area contributed by atoms with Crippen LogP contribution in [0.15, 0.2) is 44.2 Å². The Bertz CT molecular complexity index is 756. The largest absolute Gasteiger partial charge is 0.433 e. The van der Waals surface area contributed by atoms with Crippen molar-refractivity contribution in [1.82, 2.24) is 9.55 Å². The summed E-state index contributed by atoms with van der Waals surface area (Å²) in [6, 6.07) is 8.65. The summed E-state index contributed by atoms with van der Waals surface area (Å²) in [6.45, 7) is 0. The second kappa shape index (κ2) is 3.78. The Morgan fingerprint density at radius 3 is 2.82 bits per heavy atom. The molecule has 0 aliphatic heterocycles. The molecule has 1 N–H and O–H groups in total. The van der Waals surface area contributed by atoms with Gasteiger partial charge in [-0.05, 0) is 40.2 Å². The molecule has 0 bridgehead atoms. The van der Waals surface area contributed by atoms with Crippen LogP contribution < -0.4 is 5.69 Å². The van der Waals surface area contributed by atoms with Crippen LogP contribution in [0.3, 0.4) is 0 Å². The van der Waals surface area contributed by atoms with Gasteiger partial charge in [-0.2, -0.15) is 0 Å². The van der Waals surface area contributed by atoms with Crippen LogP contribution in [0.5, 0.6) is 0 Å². The first kappa shape index (κ1) is 10.7. The molecule has 2 heterocycles. The maximum Gasteiger partial charge on any atom is 0.333 e. The number of hydrogen-bond acceptors (Lipinski definition) is 2. The topological polar surface area (TPSA) is 50.9 Å². The Balaban J connectivity index is 2.36. The minimum atomic E-state index is -0.260. The highest BCUT2D eigenvalue weighted by molar-refractivity contribution is 9.10. The first-order chi connectivity index (χ1) is 8.15. The van der Waals surface area contributed by atoms with Crippen molar-refractivity contribution in [2.75, 3.05) is 0 Å². The molecule has 0 atom stereocenters. The van der Waals surface area contributed by atoms with Gasteiger partial charge < -0.3 is 9.40 Å². The number of aromatic amines is 1. The lowest BCUT2D eigenvalue weighted by molar-refractivity contribution is 0.515. The summed E-state index contributed by atoms with van der Waals surface area (Å²) >= 11 is 9.07. The van der Waals surface area contributed by atoms with E-state index in [9.17, 15) is 4.79 Å². The Labute approximate surface area is 109 Å². The van der Waals surface area contributed by atoms with Crippen molar-refractivity contribution < 1.29 is 4.42 Å². The number of furan rings is 1. The predicted octanol–water partition coefficient (Wildman–Crippen LogP) is 3.33. The van der Waals surface area contributed by atoms with Gasteiger partial charge in [0.25, 0.3) is 0 Å². The van der Waals surface area contributed by atoms with Crippen molar-refractivity contribution in [2.24, 2.45) is 0 Å². The number of imidazole rings is 1. The van der Waals surface area contributed by atoms with Crippen LogP contribution in [0.1, 0.15) is 0 Å². The van der Waals surface area contributed by atoms with Gasteiger partial charge in [-0.3, -0.25) is 0 Å². The van der Waals surface area contributed by atoms with Crippen LogP contribution in [0, 0.1) is 0 Å². The zero-order chi connectivity index (χ0) is 12.0. The molecule has 0 saturated carbocycles. The lowest BCUT2D eigenvalue weighted by Gasteiger charge is -1.98. The second-order valence-electron chi connectivity index (χ2n) is 3.50. The van der Waals surface area contributed by atoms with E-state index >= 15 is 0 Å². The smallest absolute Gasteiger partial charge is 0.333 e. The number of nitrogens with zero attached hydrogens (tertiary/aromatic N) is 1. The van der Waals surface area contributed by atoms with Gasteiger partial charge in [-0.1, -0.05) is 11.6 Å². The first-order valence-corrected chi connectivity index (χ1v) is 5.98. The van der Waals surface area contributed by atoms with Gasteiger partial charge in [-0.25, -0.2) is 9.36 Å². The number of H-pyrrole nitrogens is 1. The van der Waals surface area contributed by atoms with Gasteiger partial charge in [0, 0.05) is 11.1 Å². The molecule has 1 aromatic carbocycles. The fourth-order valence-electron chi connectivity index (χ4n) is 1.73. The molecule has 0 unspecified atom stereocenters. The summed E-state index contributed by atoms with van der Waals surface area (Å²) < 4.78 is 7.40. The Morgan fingerprint density at radius 1 is 1.29 bits per heavy atom. The number of rotatable bonds is 1. The van der Waals surface area contributed by atoms with Gasteiger partial charge in [-0.15, -0.1) is 0 Å². The lowest BCUT2D eigenvalue weighted by Crippen LogP contribution is -2.13. The maximum atomic E-state index is 11.8. The number of aromatic nitrogens is 2. The first-order valence-electron chi connectivity index (χ1n) is 4.81. The van der Waals surface area contributed by atoms with E-state index in [4.69, 9.17) is 16.0 Å². The van der Waals surface area contributed by atoms with Crippen molar-refractivity contribution in [3.05, 3.63) is 50.5 Å². The fraction of sp³-hybridized carbons (Fsp3) is 0. The molecule has 2 aromatic heterocycles. The summed E-state index contributed by atoms with van der Waals surface area (Å²) in [7, 11) is 0. The third-order valence-electron chi connectivity index (χ3n) is 2.42. The average molecular weight is 314 g/mol. The Hall–Kier alpha value is -1.46. The second-order valence-corrected chi connectivity index (χ2v) is 4.72. The molecular weight excluding hydrogens is 307 g/mol. The van der Waals surface area contributed by atoms with Gasteiger partial charge in [0.1, 0.15) is 0 Å². The van der Waals surface area contributed by atoms with Crippen LogP contribution in [0.4, 0.5) is 0 Å². The van der Waals surface area contributed by atoms with E-state index < -0.39 is 0 Å². The summed E-state index contributed by atoms with van der Waals surface area (Å²) in [5, 5.41) is 0.575. The van der Waals surface area contributed by atoms with E-state index in [0.717, 1.165) is 5.52 Å². The molecule has 0 saturated heterocycles. The standard InChI is InChI=1S/C11H6BrClN2O2/c12-9-3-4-10(17-9)15-8-2-1-6(13)5-7(8)14-11(15)16/h1-5H,(H,14,16). The normalized spacial score (nSPS) is 11.2. The van der Waals surface area contributed by atoms with E-state index in [0.29, 0.717) is 21.1 Å². The van der Waals surface area contributed by atoms with Gasteiger partial charge in [0.05, 0.1) is 11.0 Å². The molecule has 3 rings (SSSR count). The number of benzene rings is 1. The summed E-state index contributed by atoms with van der Waals surface area (Å²) in [6.07, 6.45) is 0. The minimum Gasteiger partial charge on any atom is -0.433 e. The van der Waals surface area contributed by atoms with Crippen LogP contribution >= 0.6 is 27.5 Å². The van der Waals surface area contributed by atoms with Crippen molar-refractivity contribution in [3.63, 3.8) is 0 Å². The molecule has 3 aromatic rings. The summed E-state index contributed by atoms with van der Waals surface area (Å²) in [4.78, 5) is 14.6. The van der Waals surface area contributed by atoms with E-state index in [2.05, 4.69) is 20.9 Å². The number of hydrogen-bond donors (Lipinski definition) is 1. The number of nitrogens with one attached hydrogen (secondary N) is 1. The molecule has 86 valence electrons. The van der Waals surface area contributed by atoms with Crippen molar-refractivity contribution >= 4 is 38.6 Å². The molecule has 4 nitrogen and oxygen atoms in total. The molecule has 0 spiro atoms. The summed E-state index contributed by atoms with van der Waals surface area (Å²) in [5.74, 6) is 0.454. The SMILES string of the molecule is O=c1[nH]c2cc(Cl)ccc2n1-c1ccc(Br)o1. The molecule has 17 heavy (non-hydrogen) atoms. The minimum absolute atomic E-state index is 0.260. The van der Waals surface area contributed by atoms with Crippen molar-refractivity contribution in [1.29, 1.82) is 0 Å². The summed E-state index contributed by atoms with van der Waals surface area (Å²) in [5.41, 5.74) is 1.14. The third-order valence-corrected chi connectivity index (χ3v) is 3.08. The van der Waals surface area contributed by atoms with Gasteiger partial charge in [0.2, 0.25) is 5.88 Å². The molecule has 6 heteroatoms. The van der Waals surface area contributed by atoms with Crippen LogP contribution in [-0.2, 0) is 0 Å². The van der Waals surface area contributed by atoms with E-state index in [-0.39, 0.29) is 5.69 Å². The van der Waals surface area contributed by atoms with Crippen LogP contribution in [0.25, 0.3) is 16.9 Å². The van der Waals surface area contributed by atoms with Crippen molar-refractivity contribution in [3.8, 4) is 5.88 Å². The average Bonchev–Trinajstić information content (AvgIpc) is 2.80. The molecule has 0 aliphatic carbocycles. The highest BCUT2D eigenvalue weighted by Crippen LogP contribution is 2.22. The fourth-order valence-corrected chi connectivity index (χ4v) is 2.20. The third kappa shape index (κ3) is 1.71. The van der Waals surface area contributed by atoms with E-state index in [1.54, 1.807) is 30.3 Å². The molecule has 0 aliphatic rings. The monoisotopic (exact) mass is 312 g/mol. The predicted molar refractivity (Wildman–Crippen MR) is 68.9 cm³/mol. The highest BCUT2D eigenvalue weighted by Gasteiger charge is 2.11. The Kier molecular flexibility index (Phi) is 2.38. The highest BCUT2D eigenvalue weighted by atomic mass is 79.9. The van der Waals surface area contributed by atoms with Gasteiger partial charge >= 0.3 is 5.69 Å². The molecule has 0 fully saturated rings. The van der Waals surface area contributed by atoms with Crippen LogP contribution in [-0.4, -0.2) is 9.55 Å². The molecule has 0 radical (unpaired) electrons. The van der Waals surface area contributed by atoms with E-state index in [1.165, 1.54) is 4.57 Å². The van der Waals surface area contributed by atoms with E-state index in [1.807, 2.05) is 0 Å². The Morgan fingerprint density at radius 2 is 2.12 bits per heavy atom. The lowest BCUT2D eigenvalue weighted by atomic mass is 10.3. The van der Waals surface area contributed by atoms with Crippen LogP contribution in [0.2, 0.25) is 5.02 Å². The van der Waals surface area contributed by atoms with Gasteiger partial charge in [0.15, 0.2) is 4.67 Å². The molecule has 0 amide bonds. The molecular formula is C11H6BrClN2O2. The number of fused-ring (bicyclic) bond motifs is 1. The zero-order valence-corrected chi connectivity index (χ0v) is 10.7. The van der Waals surface area contributed by atoms with Crippen molar-refractivity contribution in [2.45, 2.75) is 0 Å². The maximum absolute atomic E-state index is 11.8.